The minimum atomic E-state index is 0.445. The summed E-state index contributed by atoms with van der Waals surface area (Å²) in [5, 5.41) is 0.735. The molecule has 0 unspecified atom stereocenters. The smallest absolute Gasteiger partial charge is 0.238 e. The summed E-state index contributed by atoms with van der Waals surface area (Å²) in [5.41, 5.74) is 7.44. The summed E-state index contributed by atoms with van der Waals surface area (Å²) in [6.07, 6.45) is 0. The summed E-state index contributed by atoms with van der Waals surface area (Å²) < 4.78 is 5.12. The van der Waals surface area contributed by atoms with Crippen LogP contribution in [0.15, 0.2) is 36.4 Å². The maximum atomic E-state index is 5.87. The molecule has 0 aliphatic rings. The molecule has 0 spiro atoms. The Bertz CT molecular complexity index is 557. The van der Waals surface area contributed by atoms with Crippen molar-refractivity contribution in [2.24, 2.45) is 0 Å². The maximum Gasteiger partial charge on any atom is 0.238 e. The van der Waals surface area contributed by atoms with E-state index in [0.29, 0.717) is 11.6 Å². The van der Waals surface area contributed by atoms with Crippen LogP contribution < -0.4 is 15.4 Å². The average molecular weight is 278 g/mol. The van der Waals surface area contributed by atoms with Gasteiger partial charge in [0.05, 0.1) is 12.8 Å². The highest BCUT2D eigenvalue weighted by Crippen LogP contribution is 2.23. The largest absolute Gasteiger partial charge is 0.479 e. The molecule has 2 aromatic rings. The first kappa shape index (κ1) is 13.5. The predicted octanol–water partition coefficient (Wildman–Crippen LogP) is 2.96. The molecule has 0 bridgehead atoms. The fourth-order valence-corrected chi connectivity index (χ4v) is 1.89. The second-order valence-corrected chi connectivity index (χ2v) is 4.69. The van der Waals surface area contributed by atoms with Gasteiger partial charge in [0.1, 0.15) is 5.82 Å². The molecule has 0 saturated carbocycles. The van der Waals surface area contributed by atoms with Gasteiger partial charge < -0.3 is 15.4 Å². The van der Waals surface area contributed by atoms with Gasteiger partial charge in [-0.1, -0.05) is 23.7 Å². The van der Waals surface area contributed by atoms with E-state index in [-0.39, 0.29) is 0 Å². The summed E-state index contributed by atoms with van der Waals surface area (Å²) in [6, 6.07) is 11.4. The first-order valence-corrected chi connectivity index (χ1v) is 6.24. The van der Waals surface area contributed by atoms with Crippen molar-refractivity contribution in [1.29, 1.82) is 0 Å². The van der Waals surface area contributed by atoms with Crippen LogP contribution in [0.2, 0.25) is 5.02 Å². The molecule has 100 valence electrons. The van der Waals surface area contributed by atoms with Crippen molar-refractivity contribution in [3.05, 3.63) is 47.0 Å². The number of methoxy groups -OCH3 is 1. The lowest BCUT2D eigenvalue weighted by Gasteiger charge is -2.19. The zero-order valence-corrected chi connectivity index (χ0v) is 11.7. The molecule has 0 fully saturated rings. The molecule has 19 heavy (non-hydrogen) atoms. The fraction of sp³-hybridized carbons (Fsp3) is 0.214. The molecular weight excluding hydrogens is 262 g/mol. The summed E-state index contributed by atoms with van der Waals surface area (Å²) in [5.74, 6) is 1.25. The molecule has 0 saturated heterocycles. The number of ether oxygens (including phenoxy) is 1. The summed E-state index contributed by atoms with van der Waals surface area (Å²) in [7, 11) is 3.52. The molecule has 2 rings (SSSR count). The summed E-state index contributed by atoms with van der Waals surface area (Å²) in [6.45, 7) is 0.733. The maximum absolute atomic E-state index is 5.87. The second kappa shape index (κ2) is 5.80. The standard InChI is InChI=1S/C14H16ClN3O/c1-18(9-10-3-5-11(15)6-4-10)13-8-7-12(16)14(17-13)19-2/h3-8H,9,16H2,1-2H3. The van der Waals surface area contributed by atoms with Gasteiger partial charge in [0.2, 0.25) is 5.88 Å². The van der Waals surface area contributed by atoms with Crippen LogP contribution in [-0.2, 0) is 6.54 Å². The van der Waals surface area contributed by atoms with E-state index in [1.807, 2.05) is 42.3 Å². The molecule has 0 atom stereocenters. The molecule has 0 radical (unpaired) electrons. The molecule has 1 aromatic heterocycles. The third-order valence-electron chi connectivity index (χ3n) is 2.79. The van der Waals surface area contributed by atoms with E-state index in [4.69, 9.17) is 22.1 Å². The van der Waals surface area contributed by atoms with Crippen LogP contribution in [0.5, 0.6) is 5.88 Å². The number of nitrogens with two attached hydrogens (primary N) is 1. The molecular formula is C14H16ClN3O. The summed E-state index contributed by atoms with van der Waals surface area (Å²) >= 11 is 5.87. The SMILES string of the molecule is COc1nc(N(C)Cc2ccc(Cl)cc2)ccc1N. The quantitative estimate of drug-likeness (QED) is 0.933. The molecule has 0 aliphatic carbocycles. The third-order valence-corrected chi connectivity index (χ3v) is 3.04. The van der Waals surface area contributed by atoms with Gasteiger partial charge in [-0.15, -0.1) is 0 Å². The molecule has 0 amide bonds. The van der Waals surface area contributed by atoms with Crippen molar-refractivity contribution in [2.45, 2.75) is 6.54 Å². The van der Waals surface area contributed by atoms with E-state index in [2.05, 4.69) is 4.98 Å². The number of rotatable bonds is 4. The normalized spacial score (nSPS) is 10.3. The molecule has 1 heterocycles. The van der Waals surface area contributed by atoms with Crippen LogP contribution in [-0.4, -0.2) is 19.1 Å². The molecule has 2 N–H and O–H groups in total. The average Bonchev–Trinajstić information content (AvgIpc) is 2.42. The van der Waals surface area contributed by atoms with Crippen LogP contribution in [0.1, 0.15) is 5.56 Å². The minimum Gasteiger partial charge on any atom is -0.479 e. The van der Waals surface area contributed by atoms with Crippen molar-refractivity contribution in [3.63, 3.8) is 0 Å². The Kier molecular flexibility index (Phi) is 4.12. The summed E-state index contributed by atoms with van der Waals surface area (Å²) in [4.78, 5) is 6.38. The Morgan fingerprint density at radius 3 is 2.53 bits per heavy atom. The van der Waals surface area contributed by atoms with Gasteiger partial charge in [-0.2, -0.15) is 4.98 Å². The lowest BCUT2D eigenvalue weighted by Crippen LogP contribution is -2.18. The zero-order chi connectivity index (χ0) is 13.8. The van der Waals surface area contributed by atoms with Crippen LogP contribution in [0.3, 0.4) is 0 Å². The van der Waals surface area contributed by atoms with Gasteiger partial charge in [-0.05, 0) is 29.8 Å². The minimum absolute atomic E-state index is 0.445. The van der Waals surface area contributed by atoms with Gasteiger partial charge in [0, 0.05) is 18.6 Å². The highest BCUT2D eigenvalue weighted by atomic mass is 35.5. The van der Waals surface area contributed by atoms with E-state index in [1.165, 1.54) is 0 Å². The van der Waals surface area contributed by atoms with E-state index < -0.39 is 0 Å². The Labute approximate surface area is 117 Å². The van der Waals surface area contributed by atoms with Crippen LogP contribution >= 0.6 is 11.6 Å². The van der Waals surface area contributed by atoms with Crippen molar-refractivity contribution >= 4 is 23.1 Å². The Balaban J connectivity index is 2.15. The van der Waals surface area contributed by atoms with Gasteiger partial charge in [-0.25, -0.2) is 0 Å². The highest BCUT2D eigenvalue weighted by molar-refractivity contribution is 6.30. The van der Waals surface area contributed by atoms with Crippen LogP contribution in [0.4, 0.5) is 11.5 Å². The number of pyridine rings is 1. The Morgan fingerprint density at radius 2 is 1.89 bits per heavy atom. The highest BCUT2D eigenvalue weighted by Gasteiger charge is 2.07. The Hall–Kier alpha value is -1.94. The van der Waals surface area contributed by atoms with Crippen LogP contribution in [0, 0.1) is 0 Å². The van der Waals surface area contributed by atoms with E-state index in [0.717, 1.165) is 22.9 Å². The number of nitrogen functional groups attached to an aromatic ring is 1. The molecule has 1 aromatic carbocycles. The van der Waals surface area contributed by atoms with E-state index >= 15 is 0 Å². The Morgan fingerprint density at radius 1 is 1.21 bits per heavy atom. The van der Waals surface area contributed by atoms with Gasteiger partial charge >= 0.3 is 0 Å². The van der Waals surface area contributed by atoms with Crippen LogP contribution in [0.25, 0.3) is 0 Å². The first-order valence-electron chi connectivity index (χ1n) is 5.86. The van der Waals surface area contributed by atoms with Gasteiger partial charge in [0.15, 0.2) is 0 Å². The lowest BCUT2D eigenvalue weighted by molar-refractivity contribution is 0.400. The number of halogens is 1. The number of nitrogens with zero attached hydrogens (tertiary/aromatic N) is 2. The monoisotopic (exact) mass is 277 g/mol. The van der Waals surface area contributed by atoms with Crippen molar-refractivity contribution in [1.82, 2.24) is 4.98 Å². The molecule has 4 nitrogen and oxygen atoms in total. The van der Waals surface area contributed by atoms with Crippen molar-refractivity contribution in [2.75, 3.05) is 24.8 Å². The topological polar surface area (TPSA) is 51.4 Å². The second-order valence-electron chi connectivity index (χ2n) is 4.25. The zero-order valence-electron chi connectivity index (χ0n) is 10.9. The van der Waals surface area contributed by atoms with E-state index in [9.17, 15) is 0 Å². The molecule has 5 heteroatoms. The number of benzene rings is 1. The number of hydrogen-bond acceptors (Lipinski definition) is 4. The van der Waals surface area contributed by atoms with Crippen molar-refractivity contribution in [3.8, 4) is 5.88 Å². The van der Waals surface area contributed by atoms with Gasteiger partial charge in [0.25, 0.3) is 0 Å². The lowest BCUT2D eigenvalue weighted by atomic mass is 10.2. The van der Waals surface area contributed by atoms with Gasteiger partial charge in [-0.3, -0.25) is 0 Å². The third kappa shape index (κ3) is 3.29. The first-order chi connectivity index (χ1) is 9.10. The van der Waals surface area contributed by atoms with E-state index in [1.54, 1.807) is 13.2 Å². The predicted molar refractivity (Wildman–Crippen MR) is 78.8 cm³/mol. The number of anilines is 2. The number of hydrogen-bond donors (Lipinski definition) is 1. The fourth-order valence-electron chi connectivity index (χ4n) is 1.76. The number of aromatic nitrogens is 1. The van der Waals surface area contributed by atoms with Crippen molar-refractivity contribution < 1.29 is 4.74 Å². The molecule has 0 aliphatic heterocycles.